The van der Waals surface area contributed by atoms with E-state index >= 15 is 0 Å². The molecule has 0 bridgehead atoms. The molecular formula is C9H18NO2. The molecule has 0 aliphatic carbocycles. The van der Waals surface area contributed by atoms with Crippen LogP contribution in [0.4, 0.5) is 4.79 Å². The van der Waals surface area contributed by atoms with Gasteiger partial charge in [-0.15, -0.1) is 0 Å². The lowest BCUT2D eigenvalue weighted by atomic mass is 10.1. The zero-order valence-electron chi connectivity index (χ0n) is 7.68. The molecule has 0 spiro atoms. The molecular weight excluding hydrogens is 154 g/mol. The third-order valence-electron chi connectivity index (χ3n) is 1.83. The fraction of sp³-hybridized carbons (Fsp3) is 0.778. The van der Waals surface area contributed by atoms with Gasteiger partial charge in [0, 0.05) is 6.04 Å². The Morgan fingerprint density at radius 1 is 1.58 bits per heavy atom. The number of hydrogen-bond acceptors (Lipinski definition) is 1. The molecule has 0 aliphatic rings. The molecule has 1 atom stereocenters. The Morgan fingerprint density at radius 2 is 2.25 bits per heavy atom. The van der Waals surface area contributed by atoms with E-state index in [2.05, 4.69) is 19.2 Å². The third-order valence-corrected chi connectivity index (χ3v) is 1.83. The first-order valence-corrected chi connectivity index (χ1v) is 4.49. The smallest absolute Gasteiger partial charge is 0.404 e. The van der Waals surface area contributed by atoms with Gasteiger partial charge < -0.3 is 10.4 Å². The van der Waals surface area contributed by atoms with Crippen LogP contribution in [-0.2, 0) is 0 Å². The second-order valence-electron chi connectivity index (χ2n) is 2.93. The molecule has 1 unspecified atom stereocenters. The van der Waals surface area contributed by atoms with Crippen LogP contribution in [0.25, 0.3) is 0 Å². The lowest BCUT2D eigenvalue weighted by molar-refractivity contribution is 0.189. The van der Waals surface area contributed by atoms with Crippen molar-refractivity contribution in [2.75, 3.05) is 0 Å². The van der Waals surface area contributed by atoms with Gasteiger partial charge in [-0.1, -0.05) is 33.1 Å². The van der Waals surface area contributed by atoms with Crippen LogP contribution < -0.4 is 5.32 Å². The molecule has 0 saturated carbocycles. The number of carbonyl (C=O) groups is 1. The van der Waals surface area contributed by atoms with Crippen molar-refractivity contribution in [3.63, 3.8) is 0 Å². The molecule has 2 N–H and O–H groups in total. The van der Waals surface area contributed by atoms with Crippen LogP contribution in [0.5, 0.6) is 0 Å². The largest absolute Gasteiger partial charge is 0.465 e. The summed E-state index contributed by atoms with van der Waals surface area (Å²) in [5, 5.41) is 10.9. The van der Waals surface area contributed by atoms with Gasteiger partial charge in [-0.2, -0.15) is 0 Å². The van der Waals surface area contributed by atoms with Crippen molar-refractivity contribution in [3.05, 3.63) is 6.92 Å². The quantitative estimate of drug-likeness (QED) is 0.604. The van der Waals surface area contributed by atoms with Gasteiger partial charge in [0.25, 0.3) is 0 Å². The fourth-order valence-electron chi connectivity index (χ4n) is 1.10. The molecule has 0 aromatic heterocycles. The van der Waals surface area contributed by atoms with Crippen molar-refractivity contribution in [3.8, 4) is 0 Å². The summed E-state index contributed by atoms with van der Waals surface area (Å²) in [6.07, 6.45) is 4.01. The van der Waals surface area contributed by atoms with Crippen LogP contribution in [0, 0.1) is 6.92 Å². The molecule has 0 rings (SSSR count). The van der Waals surface area contributed by atoms with E-state index in [0.717, 1.165) is 25.7 Å². The lowest BCUT2D eigenvalue weighted by Gasteiger charge is -2.13. The molecule has 0 aliphatic heterocycles. The SMILES string of the molecule is [CH2]CC(CCCCC)NC(=O)O. The minimum atomic E-state index is -0.944. The van der Waals surface area contributed by atoms with E-state index in [-0.39, 0.29) is 6.04 Å². The first kappa shape index (κ1) is 11.3. The van der Waals surface area contributed by atoms with E-state index in [4.69, 9.17) is 5.11 Å². The van der Waals surface area contributed by atoms with Gasteiger partial charge in [0.15, 0.2) is 0 Å². The monoisotopic (exact) mass is 172 g/mol. The molecule has 0 aromatic carbocycles. The number of rotatable bonds is 6. The van der Waals surface area contributed by atoms with E-state index < -0.39 is 6.09 Å². The van der Waals surface area contributed by atoms with Crippen LogP contribution in [0.15, 0.2) is 0 Å². The van der Waals surface area contributed by atoms with Crippen molar-refractivity contribution in [2.24, 2.45) is 0 Å². The summed E-state index contributed by atoms with van der Waals surface area (Å²) in [4.78, 5) is 10.3. The van der Waals surface area contributed by atoms with Crippen LogP contribution in [0.3, 0.4) is 0 Å². The highest BCUT2D eigenvalue weighted by Crippen LogP contribution is 2.05. The summed E-state index contributed by atoms with van der Waals surface area (Å²) in [5.41, 5.74) is 0. The summed E-state index contributed by atoms with van der Waals surface area (Å²) < 4.78 is 0. The van der Waals surface area contributed by atoms with E-state index in [0.29, 0.717) is 6.42 Å². The van der Waals surface area contributed by atoms with Gasteiger partial charge in [0.05, 0.1) is 0 Å². The molecule has 0 heterocycles. The normalized spacial score (nSPS) is 12.5. The molecule has 12 heavy (non-hydrogen) atoms. The minimum absolute atomic E-state index is 0.0362. The van der Waals surface area contributed by atoms with E-state index in [1.54, 1.807) is 0 Å². The molecule has 3 heteroatoms. The number of hydrogen-bond donors (Lipinski definition) is 2. The fourth-order valence-corrected chi connectivity index (χ4v) is 1.10. The van der Waals surface area contributed by atoms with Crippen molar-refractivity contribution >= 4 is 6.09 Å². The number of amides is 1. The Kier molecular flexibility index (Phi) is 6.53. The first-order chi connectivity index (χ1) is 5.70. The average molecular weight is 172 g/mol. The summed E-state index contributed by atoms with van der Waals surface area (Å²) in [5.74, 6) is 0. The van der Waals surface area contributed by atoms with Crippen molar-refractivity contribution < 1.29 is 9.90 Å². The Bertz CT molecular complexity index is 126. The maximum Gasteiger partial charge on any atom is 0.404 e. The van der Waals surface area contributed by atoms with Gasteiger partial charge in [-0.05, 0) is 12.8 Å². The molecule has 1 amide bonds. The molecule has 3 nitrogen and oxygen atoms in total. The summed E-state index contributed by atoms with van der Waals surface area (Å²) in [6.45, 7) is 5.82. The zero-order chi connectivity index (χ0) is 9.40. The lowest BCUT2D eigenvalue weighted by Crippen LogP contribution is -2.32. The van der Waals surface area contributed by atoms with Crippen LogP contribution >= 0.6 is 0 Å². The van der Waals surface area contributed by atoms with Crippen molar-refractivity contribution in [1.82, 2.24) is 5.32 Å². The molecule has 1 radical (unpaired) electrons. The predicted molar refractivity (Wildman–Crippen MR) is 49.1 cm³/mol. The van der Waals surface area contributed by atoms with E-state index in [1.807, 2.05) is 0 Å². The maximum atomic E-state index is 10.3. The first-order valence-electron chi connectivity index (χ1n) is 4.49. The molecule has 71 valence electrons. The summed E-state index contributed by atoms with van der Waals surface area (Å²) in [7, 11) is 0. The van der Waals surface area contributed by atoms with E-state index in [9.17, 15) is 4.79 Å². The highest BCUT2D eigenvalue weighted by atomic mass is 16.4. The number of unbranched alkanes of at least 4 members (excludes halogenated alkanes) is 2. The molecule has 0 fully saturated rings. The average Bonchev–Trinajstić information content (AvgIpc) is 2.02. The molecule has 0 saturated heterocycles. The second kappa shape index (κ2) is 6.95. The standard InChI is InChI=1S/C9H18NO2/c1-3-5-6-7-8(4-2)10-9(11)12/h8,10H,2-7H2,1H3,(H,11,12). The zero-order valence-corrected chi connectivity index (χ0v) is 7.68. The second-order valence-corrected chi connectivity index (χ2v) is 2.93. The van der Waals surface area contributed by atoms with Gasteiger partial charge in [0.1, 0.15) is 0 Å². The van der Waals surface area contributed by atoms with Gasteiger partial charge in [-0.3, -0.25) is 0 Å². The predicted octanol–water partition coefficient (Wildman–Crippen LogP) is 2.43. The third kappa shape index (κ3) is 6.01. The van der Waals surface area contributed by atoms with E-state index in [1.165, 1.54) is 0 Å². The number of nitrogens with one attached hydrogen (secondary N) is 1. The van der Waals surface area contributed by atoms with Crippen LogP contribution in [0.2, 0.25) is 0 Å². The van der Waals surface area contributed by atoms with Crippen molar-refractivity contribution in [1.29, 1.82) is 0 Å². The topological polar surface area (TPSA) is 49.3 Å². The van der Waals surface area contributed by atoms with Gasteiger partial charge in [-0.25, -0.2) is 4.79 Å². The van der Waals surface area contributed by atoms with Gasteiger partial charge >= 0.3 is 6.09 Å². The summed E-state index contributed by atoms with van der Waals surface area (Å²) >= 11 is 0. The summed E-state index contributed by atoms with van der Waals surface area (Å²) in [6, 6.07) is 0.0362. The maximum absolute atomic E-state index is 10.3. The van der Waals surface area contributed by atoms with Gasteiger partial charge in [0.2, 0.25) is 0 Å². The van der Waals surface area contributed by atoms with Crippen LogP contribution in [-0.4, -0.2) is 17.2 Å². The minimum Gasteiger partial charge on any atom is -0.465 e. The highest BCUT2D eigenvalue weighted by molar-refractivity contribution is 5.64. The Labute approximate surface area is 74.2 Å². The molecule has 0 aromatic rings. The number of carboxylic acid groups (broad SMARTS) is 1. The highest BCUT2D eigenvalue weighted by Gasteiger charge is 2.07. The Hall–Kier alpha value is -0.730. The Morgan fingerprint density at radius 3 is 2.67 bits per heavy atom. The Balaban J connectivity index is 3.46. The van der Waals surface area contributed by atoms with Crippen LogP contribution in [0.1, 0.15) is 39.0 Å². The van der Waals surface area contributed by atoms with Crippen molar-refractivity contribution in [2.45, 2.75) is 45.1 Å².